The molecular weight excluding hydrogens is 599 g/mol. The second-order valence-corrected chi connectivity index (χ2v) is 10.9. The molecule has 3 rings (SSSR count). The molecule has 0 aliphatic rings. The fourth-order valence-electron chi connectivity index (χ4n) is 3.03. The average Bonchev–Trinajstić information content (AvgIpc) is 2.69. The fourth-order valence-corrected chi connectivity index (χ4v) is 3.03. The molecule has 0 unspecified atom stereocenters. The Kier molecular flexibility index (Phi) is 9.99. The summed E-state index contributed by atoms with van der Waals surface area (Å²) >= 11 is 0. The zero-order chi connectivity index (χ0) is 25.1. The van der Waals surface area contributed by atoms with Gasteiger partial charge in [-0.2, -0.15) is 0 Å². The number of aryl methyl sites for hydroxylation is 3. The van der Waals surface area contributed by atoms with E-state index in [1.165, 1.54) is 33.7 Å². The van der Waals surface area contributed by atoms with Crippen LogP contribution in [0.3, 0.4) is 0 Å². The van der Waals surface area contributed by atoms with Crippen LogP contribution < -0.4 is 0 Å². The first-order valence-electron chi connectivity index (χ1n) is 11.4. The number of fused-ring (bicyclic) bond motifs is 1. The minimum absolute atomic E-state index is 0. The number of benzene rings is 2. The number of rotatable bonds is 2. The van der Waals surface area contributed by atoms with E-state index in [1.54, 1.807) is 0 Å². The van der Waals surface area contributed by atoms with Crippen molar-refractivity contribution < 1.29 is 30.0 Å². The van der Waals surface area contributed by atoms with Gasteiger partial charge in [-0.05, 0) is 48.2 Å². The smallest absolute Gasteiger partial charge is 0.164 e. The van der Waals surface area contributed by atoms with Crippen molar-refractivity contribution in [2.75, 3.05) is 0 Å². The molecule has 0 aliphatic carbocycles. The number of ketones is 1. The van der Waals surface area contributed by atoms with Crippen LogP contribution in [0.4, 0.5) is 0 Å². The molecule has 0 saturated heterocycles. The zero-order valence-electron chi connectivity index (χ0n) is 22.2. The maximum atomic E-state index is 11.5. The number of carbonyl (C=O) groups excluding carboxylic acids is 1. The van der Waals surface area contributed by atoms with Crippen molar-refractivity contribution in [3.05, 3.63) is 76.6 Å². The third-order valence-electron chi connectivity index (χ3n) is 5.86. The summed E-state index contributed by atoms with van der Waals surface area (Å²) in [5.74, 6) is 0.104. The Labute approximate surface area is 219 Å². The summed E-state index contributed by atoms with van der Waals surface area (Å²) in [6.45, 7) is 19.6. The molecule has 34 heavy (non-hydrogen) atoms. The molecule has 0 atom stereocenters. The van der Waals surface area contributed by atoms with Crippen molar-refractivity contribution in [2.45, 2.75) is 69.2 Å². The minimum Gasteiger partial charge on any atom is -0.512 e. The molecule has 3 nitrogen and oxygen atoms in total. The van der Waals surface area contributed by atoms with Crippen LogP contribution in [0.2, 0.25) is 0 Å². The molecule has 0 spiro atoms. The van der Waals surface area contributed by atoms with E-state index in [0.29, 0.717) is 0 Å². The standard InChI is InChI=1S/C19H18N.C11H20O2.Ir/c1-12-6-5-7-17(15(12)4)18-9-8-16-10-13(2)14(3)11-19(16)20-18;1-10(2,3)8(12)7-9(13)11(4,5)6;/h5-6,8-11H,1-4H3;7,12H,1-6H3;/q-1;;/b;8-7-;. The average molecular weight is 637 g/mol. The summed E-state index contributed by atoms with van der Waals surface area (Å²) in [4.78, 5) is 16.3. The molecule has 0 fully saturated rings. The molecule has 0 bridgehead atoms. The molecule has 0 saturated carbocycles. The van der Waals surface area contributed by atoms with Crippen molar-refractivity contribution in [3.8, 4) is 11.3 Å². The van der Waals surface area contributed by atoms with Gasteiger partial charge in [-0.1, -0.05) is 67.5 Å². The Hall–Kier alpha value is -2.29. The minimum atomic E-state index is -0.417. The van der Waals surface area contributed by atoms with Crippen LogP contribution in [0.25, 0.3) is 22.2 Å². The van der Waals surface area contributed by atoms with E-state index in [-0.39, 0.29) is 37.1 Å². The summed E-state index contributed by atoms with van der Waals surface area (Å²) in [6, 6.07) is 16.0. The Balaban J connectivity index is 0.000000364. The first kappa shape index (κ1) is 29.7. The van der Waals surface area contributed by atoms with E-state index in [2.05, 4.69) is 64.1 Å². The molecule has 2 aromatic carbocycles. The van der Waals surface area contributed by atoms with Gasteiger partial charge in [-0.15, -0.1) is 34.9 Å². The van der Waals surface area contributed by atoms with Crippen LogP contribution in [0, 0.1) is 44.6 Å². The number of hydrogen-bond donors (Lipinski definition) is 1. The number of allylic oxidation sites excluding steroid dienone is 2. The van der Waals surface area contributed by atoms with E-state index >= 15 is 0 Å². The van der Waals surface area contributed by atoms with Gasteiger partial charge in [0, 0.05) is 37.0 Å². The zero-order valence-corrected chi connectivity index (χ0v) is 24.6. The Morgan fingerprint density at radius 3 is 2.03 bits per heavy atom. The molecule has 0 aliphatic heterocycles. The molecular formula is C30H38IrNO2-. The van der Waals surface area contributed by atoms with E-state index in [0.717, 1.165) is 16.8 Å². The molecule has 0 amide bonds. The van der Waals surface area contributed by atoms with Crippen molar-refractivity contribution in [2.24, 2.45) is 10.8 Å². The largest absolute Gasteiger partial charge is 0.512 e. The fraction of sp³-hybridized carbons (Fsp3) is 0.400. The van der Waals surface area contributed by atoms with Crippen LogP contribution in [0.1, 0.15) is 63.8 Å². The van der Waals surface area contributed by atoms with E-state index < -0.39 is 5.41 Å². The van der Waals surface area contributed by atoms with Crippen molar-refractivity contribution in [1.82, 2.24) is 4.98 Å². The van der Waals surface area contributed by atoms with E-state index in [1.807, 2.05) is 47.6 Å². The summed E-state index contributed by atoms with van der Waals surface area (Å²) in [6.07, 6.45) is 1.33. The summed E-state index contributed by atoms with van der Waals surface area (Å²) in [5.41, 5.74) is 7.52. The van der Waals surface area contributed by atoms with E-state index in [9.17, 15) is 9.90 Å². The Morgan fingerprint density at radius 1 is 0.882 bits per heavy atom. The number of hydrogen-bond acceptors (Lipinski definition) is 3. The van der Waals surface area contributed by atoms with Gasteiger partial charge >= 0.3 is 0 Å². The molecule has 1 N–H and O–H groups in total. The van der Waals surface area contributed by atoms with Crippen LogP contribution >= 0.6 is 0 Å². The Bertz CT molecular complexity index is 1190. The topological polar surface area (TPSA) is 50.2 Å². The first-order valence-corrected chi connectivity index (χ1v) is 11.4. The van der Waals surface area contributed by atoms with Gasteiger partial charge in [0.05, 0.1) is 5.52 Å². The number of carbonyl (C=O) groups is 1. The Morgan fingerprint density at radius 2 is 1.47 bits per heavy atom. The first-order chi connectivity index (χ1) is 15.1. The van der Waals surface area contributed by atoms with Gasteiger partial charge in [0.25, 0.3) is 0 Å². The normalized spacial score (nSPS) is 12.0. The monoisotopic (exact) mass is 637 g/mol. The van der Waals surface area contributed by atoms with Crippen LogP contribution in [-0.4, -0.2) is 15.9 Å². The summed E-state index contributed by atoms with van der Waals surface area (Å²) < 4.78 is 0. The van der Waals surface area contributed by atoms with Gasteiger partial charge in [-0.25, -0.2) is 0 Å². The number of aromatic nitrogens is 1. The second kappa shape index (κ2) is 11.4. The van der Waals surface area contributed by atoms with Crippen LogP contribution in [-0.2, 0) is 24.9 Å². The van der Waals surface area contributed by atoms with Crippen molar-refractivity contribution >= 4 is 16.7 Å². The quantitative estimate of drug-likeness (QED) is 0.176. The van der Waals surface area contributed by atoms with Gasteiger partial charge in [0.1, 0.15) is 5.76 Å². The predicted octanol–water partition coefficient (Wildman–Crippen LogP) is 8.02. The molecule has 1 radical (unpaired) electrons. The molecule has 1 aromatic heterocycles. The summed E-state index contributed by atoms with van der Waals surface area (Å²) in [7, 11) is 0. The van der Waals surface area contributed by atoms with Crippen molar-refractivity contribution in [3.63, 3.8) is 0 Å². The number of nitrogens with zero attached hydrogens (tertiary/aromatic N) is 1. The number of pyridine rings is 1. The van der Waals surface area contributed by atoms with Gasteiger partial charge < -0.3 is 5.11 Å². The van der Waals surface area contributed by atoms with Gasteiger partial charge in [0.2, 0.25) is 0 Å². The van der Waals surface area contributed by atoms with E-state index in [4.69, 9.17) is 4.98 Å². The maximum absolute atomic E-state index is 11.5. The van der Waals surface area contributed by atoms with Crippen LogP contribution in [0.5, 0.6) is 0 Å². The maximum Gasteiger partial charge on any atom is 0.164 e. The van der Waals surface area contributed by atoms with Crippen LogP contribution in [0.15, 0.2) is 48.2 Å². The number of aliphatic hydroxyl groups excluding tert-OH is 1. The number of aliphatic hydroxyl groups is 1. The SMILES string of the molecule is CC(C)(C)C(=O)/C=C(\O)C(C)(C)C.Cc1cc2ccc(-c3[c-]ccc(C)c3C)nc2cc1C.[Ir]. The third kappa shape index (κ3) is 7.61. The third-order valence-corrected chi connectivity index (χ3v) is 5.86. The van der Waals surface area contributed by atoms with Crippen molar-refractivity contribution in [1.29, 1.82) is 0 Å². The second-order valence-electron chi connectivity index (χ2n) is 10.9. The molecule has 4 heteroatoms. The summed E-state index contributed by atoms with van der Waals surface area (Å²) in [5, 5.41) is 10.8. The predicted molar refractivity (Wildman–Crippen MR) is 140 cm³/mol. The molecule has 1 heterocycles. The van der Waals surface area contributed by atoms with Gasteiger partial charge in [-0.3, -0.25) is 9.78 Å². The van der Waals surface area contributed by atoms with Gasteiger partial charge in [0.15, 0.2) is 5.78 Å². The molecule has 3 aromatic rings. The molecule has 185 valence electrons.